The molecule has 0 spiro atoms. The van der Waals surface area contributed by atoms with Gasteiger partial charge in [-0.1, -0.05) is 30.3 Å². The largest absolute Gasteiger partial charge is 0.305 e. The lowest BCUT2D eigenvalue weighted by Gasteiger charge is -2.19. The minimum atomic E-state index is -0.255. The van der Waals surface area contributed by atoms with Crippen LogP contribution in [0.15, 0.2) is 60.9 Å². The van der Waals surface area contributed by atoms with Crippen LogP contribution in [0.25, 0.3) is 5.69 Å². The van der Waals surface area contributed by atoms with E-state index in [1.54, 1.807) is 10.7 Å². The molecule has 0 aliphatic carbocycles. The van der Waals surface area contributed by atoms with Crippen molar-refractivity contribution in [1.29, 1.82) is 0 Å². The Bertz CT molecular complexity index is 856. The molecule has 0 amide bonds. The normalized spacial score (nSPS) is 11.5. The SMILES string of the molecule is CN(C)Cc1ccccc1CN(C)Cc1cnn(-c2cccc(F)c2)c1. The van der Waals surface area contributed by atoms with Crippen molar-refractivity contribution in [2.75, 3.05) is 21.1 Å². The van der Waals surface area contributed by atoms with E-state index in [9.17, 15) is 4.39 Å². The zero-order valence-corrected chi connectivity index (χ0v) is 15.6. The van der Waals surface area contributed by atoms with Gasteiger partial charge in [-0.15, -0.1) is 0 Å². The fourth-order valence-corrected chi connectivity index (χ4v) is 3.07. The molecule has 2 aromatic carbocycles. The third kappa shape index (κ3) is 4.77. The second-order valence-electron chi connectivity index (χ2n) is 6.95. The van der Waals surface area contributed by atoms with Gasteiger partial charge in [0.2, 0.25) is 0 Å². The fraction of sp³-hybridized carbons (Fsp3) is 0.286. The molecule has 0 aliphatic rings. The minimum absolute atomic E-state index is 0.255. The molecule has 1 aromatic heterocycles. The fourth-order valence-electron chi connectivity index (χ4n) is 3.07. The zero-order chi connectivity index (χ0) is 18.5. The van der Waals surface area contributed by atoms with Crippen LogP contribution in [0.1, 0.15) is 16.7 Å². The average Bonchev–Trinajstić information content (AvgIpc) is 3.04. The van der Waals surface area contributed by atoms with E-state index >= 15 is 0 Å². The van der Waals surface area contributed by atoms with Gasteiger partial charge in [0.1, 0.15) is 5.82 Å². The van der Waals surface area contributed by atoms with Gasteiger partial charge in [0.15, 0.2) is 0 Å². The van der Waals surface area contributed by atoms with Crippen LogP contribution in [0, 0.1) is 5.82 Å². The summed E-state index contributed by atoms with van der Waals surface area (Å²) in [7, 11) is 6.27. The summed E-state index contributed by atoms with van der Waals surface area (Å²) < 4.78 is 15.1. The predicted octanol–water partition coefficient (Wildman–Crippen LogP) is 3.71. The minimum Gasteiger partial charge on any atom is -0.305 e. The molecule has 0 radical (unpaired) electrons. The first-order valence-corrected chi connectivity index (χ1v) is 8.71. The Labute approximate surface area is 154 Å². The molecule has 0 unspecified atom stereocenters. The number of hydrogen-bond acceptors (Lipinski definition) is 3. The first-order chi connectivity index (χ1) is 12.5. The predicted molar refractivity (Wildman–Crippen MR) is 103 cm³/mol. The Morgan fingerprint density at radius 2 is 1.65 bits per heavy atom. The summed E-state index contributed by atoms with van der Waals surface area (Å²) in [5.74, 6) is -0.255. The molecule has 26 heavy (non-hydrogen) atoms. The Hall–Kier alpha value is -2.50. The van der Waals surface area contributed by atoms with Crippen molar-refractivity contribution in [3.8, 4) is 5.69 Å². The Balaban J connectivity index is 1.67. The summed E-state index contributed by atoms with van der Waals surface area (Å²) in [6.07, 6.45) is 3.80. The average molecular weight is 352 g/mol. The first kappa shape index (κ1) is 18.3. The highest BCUT2D eigenvalue weighted by Crippen LogP contribution is 2.15. The monoisotopic (exact) mass is 352 g/mol. The summed E-state index contributed by atoms with van der Waals surface area (Å²) in [6.45, 7) is 2.59. The summed E-state index contributed by atoms with van der Waals surface area (Å²) in [5.41, 5.74) is 4.51. The van der Waals surface area contributed by atoms with Crippen molar-refractivity contribution >= 4 is 0 Å². The molecule has 0 saturated carbocycles. The summed E-state index contributed by atoms with van der Waals surface area (Å²) in [5, 5.41) is 4.36. The molecule has 5 heteroatoms. The Kier molecular flexibility index (Phi) is 5.81. The van der Waals surface area contributed by atoms with Crippen LogP contribution in [0.4, 0.5) is 4.39 Å². The van der Waals surface area contributed by atoms with E-state index in [1.165, 1.54) is 23.3 Å². The Morgan fingerprint density at radius 3 is 2.35 bits per heavy atom. The van der Waals surface area contributed by atoms with Gasteiger partial charge in [0.05, 0.1) is 11.9 Å². The van der Waals surface area contributed by atoms with Crippen molar-refractivity contribution in [3.05, 3.63) is 83.4 Å². The number of benzene rings is 2. The lowest BCUT2D eigenvalue weighted by atomic mass is 10.1. The van der Waals surface area contributed by atoms with Crippen molar-refractivity contribution in [2.24, 2.45) is 0 Å². The number of halogens is 1. The molecule has 0 bridgehead atoms. The highest BCUT2D eigenvalue weighted by Gasteiger charge is 2.09. The second-order valence-corrected chi connectivity index (χ2v) is 6.95. The van der Waals surface area contributed by atoms with Crippen LogP contribution in [0.3, 0.4) is 0 Å². The van der Waals surface area contributed by atoms with Crippen LogP contribution in [0.2, 0.25) is 0 Å². The van der Waals surface area contributed by atoms with Gasteiger partial charge in [-0.25, -0.2) is 9.07 Å². The van der Waals surface area contributed by atoms with Gasteiger partial charge in [-0.3, -0.25) is 4.90 Å². The highest BCUT2D eigenvalue weighted by molar-refractivity contribution is 5.32. The number of nitrogens with zero attached hydrogens (tertiary/aromatic N) is 4. The quantitative estimate of drug-likeness (QED) is 0.648. The molecule has 1 heterocycles. The molecular formula is C21H25FN4. The van der Waals surface area contributed by atoms with E-state index < -0.39 is 0 Å². The van der Waals surface area contributed by atoms with Gasteiger partial charge in [0, 0.05) is 31.4 Å². The van der Waals surface area contributed by atoms with E-state index in [1.807, 2.05) is 18.5 Å². The number of rotatable bonds is 7. The van der Waals surface area contributed by atoms with Crippen molar-refractivity contribution < 1.29 is 4.39 Å². The molecule has 3 aromatic rings. The summed E-state index contributed by atoms with van der Waals surface area (Å²) >= 11 is 0. The van der Waals surface area contributed by atoms with Crippen LogP contribution in [0.5, 0.6) is 0 Å². The lowest BCUT2D eigenvalue weighted by Crippen LogP contribution is -2.19. The maximum atomic E-state index is 13.4. The lowest BCUT2D eigenvalue weighted by molar-refractivity contribution is 0.315. The van der Waals surface area contributed by atoms with E-state index in [-0.39, 0.29) is 5.82 Å². The van der Waals surface area contributed by atoms with Crippen LogP contribution in [-0.2, 0) is 19.6 Å². The van der Waals surface area contributed by atoms with Gasteiger partial charge in [-0.05, 0) is 50.5 Å². The van der Waals surface area contributed by atoms with Crippen LogP contribution < -0.4 is 0 Å². The summed E-state index contributed by atoms with van der Waals surface area (Å²) in [6, 6.07) is 15.0. The van der Waals surface area contributed by atoms with E-state index in [0.717, 1.165) is 30.9 Å². The topological polar surface area (TPSA) is 24.3 Å². The second kappa shape index (κ2) is 8.25. The molecule has 0 atom stereocenters. The molecule has 0 fully saturated rings. The molecule has 0 N–H and O–H groups in total. The molecule has 4 nitrogen and oxygen atoms in total. The molecular weight excluding hydrogens is 327 g/mol. The molecule has 0 aliphatic heterocycles. The maximum Gasteiger partial charge on any atom is 0.125 e. The van der Waals surface area contributed by atoms with E-state index in [2.05, 4.69) is 60.3 Å². The van der Waals surface area contributed by atoms with Crippen molar-refractivity contribution in [1.82, 2.24) is 19.6 Å². The third-order valence-electron chi connectivity index (χ3n) is 4.21. The van der Waals surface area contributed by atoms with Gasteiger partial charge in [-0.2, -0.15) is 5.10 Å². The van der Waals surface area contributed by atoms with Gasteiger partial charge < -0.3 is 4.90 Å². The maximum absolute atomic E-state index is 13.4. The van der Waals surface area contributed by atoms with Crippen LogP contribution in [-0.4, -0.2) is 40.7 Å². The number of hydrogen-bond donors (Lipinski definition) is 0. The molecule has 3 rings (SSSR count). The van der Waals surface area contributed by atoms with E-state index in [0.29, 0.717) is 0 Å². The van der Waals surface area contributed by atoms with Crippen LogP contribution >= 0.6 is 0 Å². The number of aromatic nitrogens is 2. The standard InChI is InChI=1S/C21H25FN4/c1-24(2)15-18-7-4-5-8-19(18)16-25(3)13-17-12-23-26(14-17)21-10-6-9-20(22)11-21/h4-12,14H,13,15-16H2,1-3H3. The zero-order valence-electron chi connectivity index (χ0n) is 15.6. The van der Waals surface area contributed by atoms with Gasteiger partial charge in [0.25, 0.3) is 0 Å². The Morgan fingerprint density at radius 1 is 0.923 bits per heavy atom. The summed E-state index contributed by atoms with van der Waals surface area (Å²) in [4.78, 5) is 4.45. The highest BCUT2D eigenvalue weighted by atomic mass is 19.1. The molecule has 136 valence electrons. The third-order valence-corrected chi connectivity index (χ3v) is 4.21. The van der Waals surface area contributed by atoms with Gasteiger partial charge >= 0.3 is 0 Å². The molecule has 0 saturated heterocycles. The first-order valence-electron chi connectivity index (χ1n) is 8.71. The van der Waals surface area contributed by atoms with Crippen molar-refractivity contribution in [3.63, 3.8) is 0 Å². The van der Waals surface area contributed by atoms with E-state index in [4.69, 9.17) is 0 Å². The smallest absolute Gasteiger partial charge is 0.125 e. The van der Waals surface area contributed by atoms with Crippen molar-refractivity contribution in [2.45, 2.75) is 19.6 Å².